The average molecular weight is 313 g/mol. The maximum atomic E-state index is 12.5. The van der Waals surface area contributed by atoms with Gasteiger partial charge in [0.15, 0.2) is 15.7 Å². The third kappa shape index (κ3) is 3.15. The van der Waals surface area contributed by atoms with E-state index in [9.17, 15) is 8.42 Å². The highest BCUT2D eigenvalue weighted by atomic mass is 32.2. The summed E-state index contributed by atoms with van der Waals surface area (Å²) in [5.74, 6) is 1.06. The lowest BCUT2D eigenvalue weighted by Crippen LogP contribution is -2.14. The molecule has 0 amide bonds. The summed E-state index contributed by atoms with van der Waals surface area (Å²) >= 11 is 0. The molecule has 0 fully saturated rings. The Morgan fingerprint density at radius 2 is 1.76 bits per heavy atom. The van der Waals surface area contributed by atoms with Crippen molar-refractivity contribution in [3.05, 3.63) is 28.7 Å². The van der Waals surface area contributed by atoms with Crippen molar-refractivity contribution in [1.82, 2.24) is 15.3 Å². The van der Waals surface area contributed by atoms with Crippen molar-refractivity contribution >= 4 is 9.84 Å². The van der Waals surface area contributed by atoms with Crippen LogP contribution in [0.3, 0.4) is 0 Å². The molecule has 2 aromatic rings. The minimum absolute atomic E-state index is 0.0833. The van der Waals surface area contributed by atoms with E-state index < -0.39 is 15.1 Å². The first kappa shape index (κ1) is 15.7. The van der Waals surface area contributed by atoms with Crippen molar-refractivity contribution in [1.29, 1.82) is 0 Å². The maximum Gasteiger partial charge on any atom is 0.244 e. The largest absolute Gasteiger partial charge is 0.361 e. The van der Waals surface area contributed by atoms with Crippen LogP contribution < -0.4 is 0 Å². The van der Waals surface area contributed by atoms with Gasteiger partial charge in [-0.1, -0.05) is 24.2 Å². The number of hydrogen-bond donors (Lipinski definition) is 0. The van der Waals surface area contributed by atoms with Crippen LogP contribution in [0.25, 0.3) is 0 Å². The van der Waals surface area contributed by atoms with Gasteiger partial charge in [-0.15, -0.1) is 0 Å². The second-order valence-electron chi connectivity index (χ2n) is 5.40. The van der Waals surface area contributed by atoms with Gasteiger partial charge >= 0.3 is 0 Å². The molecule has 0 spiro atoms. The van der Waals surface area contributed by atoms with Crippen LogP contribution in [0.15, 0.2) is 9.05 Å². The highest BCUT2D eigenvalue weighted by Crippen LogP contribution is 2.27. The summed E-state index contributed by atoms with van der Waals surface area (Å²) in [5, 5.41) is 6.70. The molecule has 0 bridgehead atoms. The van der Waals surface area contributed by atoms with Gasteiger partial charge in [0.1, 0.15) is 11.0 Å². The van der Waals surface area contributed by atoms with E-state index in [-0.39, 0.29) is 17.6 Å². The fraction of sp³-hybridized carbons (Fsp3) is 0.615. The Kier molecular flexibility index (Phi) is 4.18. The van der Waals surface area contributed by atoms with Crippen LogP contribution >= 0.6 is 0 Å². The summed E-state index contributed by atoms with van der Waals surface area (Å²) in [6.45, 7) is 8.79. The van der Waals surface area contributed by atoms with E-state index in [4.69, 9.17) is 9.05 Å². The molecule has 7 nitrogen and oxygen atoms in total. The Morgan fingerprint density at radius 3 is 2.24 bits per heavy atom. The molecule has 0 aliphatic rings. The number of nitrogens with zero attached hydrogens (tertiary/aromatic N) is 3. The SMILES string of the molecule is Cc1noc(C)c1CS(=O)(=O)[C@@H](C)c1nc(C(C)C)no1. The van der Waals surface area contributed by atoms with Gasteiger partial charge in [-0.05, 0) is 20.8 Å². The second kappa shape index (κ2) is 5.59. The molecule has 116 valence electrons. The molecule has 0 saturated carbocycles. The molecule has 2 rings (SSSR count). The van der Waals surface area contributed by atoms with Crippen LogP contribution in [0.2, 0.25) is 0 Å². The minimum atomic E-state index is -3.49. The monoisotopic (exact) mass is 313 g/mol. The Labute approximate surface area is 123 Å². The van der Waals surface area contributed by atoms with Gasteiger partial charge in [-0.3, -0.25) is 0 Å². The van der Waals surface area contributed by atoms with Crippen molar-refractivity contribution in [2.45, 2.75) is 51.5 Å². The molecule has 1 atom stereocenters. The van der Waals surface area contributed by atoms with E-state index in [1.807, 2.05) is 13.8 Å². The van der Waals surface area contributed by atoms with Crippen molar-refractivity contribution in [2.75, 3.05) is 0 Å². The number of rotatable bonds is 5. The Hall–Kier alpha value is -1.70. The summed E-state index contributed by atoms with van der Waals surface area (Å²) in [6, 6.07) is 0. The molecular weight excluding hydrogens is 294 g/mol. The molecule has 0 unspecified atom stereocenters. The van der Waals surface area contributed by atoms with E-state index >= 15 is 0 Å². The van der Waals surface area contributed by atoms with Crippen molar-refractivity contribution in [2.24, 2.45) is 0 Å². The van der Waals surface area contributed by atoms with Crippen molar-refractivity contribution in [3.8, 4) is 0 Å². The second-order valence-corrected chi connectivity index (χ2v) is 7.72. The molecule has 0 aliphatic heterocycles. The summed E-state index contributed by atoms with van der Waals surface area (Å²) in [4.78, 5) is 4.15. The van der Waals surface area contributed by atoms with Crippen LogP contribution in [0, 0.1) is 13.8 Å². The summed E-state index contributed by atoms with van der Waals surface area (Å²) in [5.41, 5.74) is 1.17. The molecule has 2 heterocycles. The molecule has 0 saturated heterocycles. The fourth-order valence-corrected chi connectivity index (χ4v) is 3.30. The van der Waals surface area contributed by atoms with E-state index in [1.54, 1.807) is 20.8 Å². The number of hydrogen-bond acceptors (Lipinski definition) is 7. The lowest BCUT2D eigenvalue weighted by Gasteiger charge is -2.08. The van der Waals surface area contributed by atoms with Crippen LogP contribution in [-0.4, -0.2) is 23.7 Å². The molecule has 0 radical (unpaired) electrons. The molecule has 8 heteroatoms. The zero-order valence-electron chi connectivity index (χ0n) is 12.7. The number of sulfone groups is 1. The molecule has 2 aromatic heterocycles. The number of aryl methyl sites for hydroxylation is 2. The quantitative estimate of drug-likeness (QED) is 0.836. The van der Waals surface area contributed by atoms with Crippen molar-refractivity contribution < 1.29 is 17.5 Å². The molecule has 0 aromatic carbocycles. The third-order valence-electron chi connectivity index (χ3n) is 3.39. The van der Waals surface area contributed by atoms with E-state index in [0.717, 1.165) is 0 Å². The molecule has 0 aliphatic carbocycles. The lowest BCUT2D eigenvalue weighted by atomic mass is 10.2. The standard InChI is InChI=1S/C13H19N3O4S/c1-7(2)12-14-13(20-16-12)10(5)21(17,18)6-11-8(3)15-19-9(11)4/h7,10H,6H2,1-5H3/t10-/m0/s1. The van der Waals surface area contributed by atoms with E-state index in [0.29, 0.717) is 22.8 Å². The first-order valence-corrected chi connectivity index (χ1v) is 8.40. The smallest absolute Gasteiger partial charge is 0.244 e. The van der Waals surface area contributed by atoms with Gasteiger partial charge in [-0.2, -0.15) is 4.98 Å². The van der Waals surface area contributed by atoms with Crippen LogP contribution in [0.5, 0.6) is 0 Å². The van der Waals surface area contributed by atoms with Gasteiger partial charge in [-0.25, -0.2) is 8.42 Å². The molecular formula is C13H19N3O4S. The first-order chi connectivity index (χ1) is 9.72. The van der Waals surface area contributed by atoms with Crippen molar-refractivity contribution in [3.63, 3.8) is 0 Å². The Morgan fingerprint density at radius 1 is 1.10 bits per heavy atom. The highest BCUT2D eigenvalue weighted by molar-refractivity contribution is 7.90. The zero-order valence-corrected chi connectivity index (χ0v) is 13.6. The first-order valence-electron chi connectivity index (χ1n) is 6.69. The average Bonchev–Trinajstić information content (AvgIpc) is 3.00. The summed E-state index contributed by atoms with van der Waals surface area (Å²) in [7, 11) is -3.49. The predicted molar refractivity (Wildman–Crippen MR) is 75.4 cm³/mol. The van der Waals surface area contributed by atoms with E-state index in [2.05, 4.69) is 15.3 Å². The topological polar surface area (TPSA) is 99.1 Å². The summed E-state index contributed by atoms with van der Waals surface area (Å²) < 4.78 is 35.0. The molecule has 21 heavy (non-hydrogen) atoms. The van der Waals surface area contributed by atoms with E-state index in [1.165, 1.54) is 0 Å². The Balaban J connectivity index is 2.26. The van der Waals surface area contributed by atoms with Gasteiger partial charge < -0.3 is 9.05 Å². The third-order valence-corrected chi connectivity index (χ3v) is 5.36. The van der Waals surface area contributed by atoms with Crippen LogP contribution in [0.1, 0.15) is 60.7 Å². The predicted octanol–water partition coefficient (Wildman–Crippen LogP) is 2.47. The lowest BCUT2D eigenvalue weighted by molar-refractivity contribution is 0.369. The fourth-order valence-electron chi connectivity index (χ4n) is 1.83. The Bertz CT molecular complexity index is 711. The van der Waals surface area contributed by atoms with Gasteiger partial charge in [0, 0.05) is 11.5 Å². The van der Waals surface area contributed by atoms with Crippen LogP contribution in [0.4, 0.5) is 0 Å². The molecule has 0 N–H and O–H groups in total. The number of aromatic nitrogens is 3. The van der Waals surface area contributed by atoms with Crippen LogP contribution in [-0.2, 0) is 15.6 Å². The normalized spacial score (nSPS) is 13.8. The van der Waals surface area contributed by atoms with Gasteiger partial charge in [0.2, 0.25) is 5.89 Å². The van der Waals surface area contributed by atoms with Gasteiger partial charge in [0.25, 0.3) is 0 Å². The maximum absolute atomic E-state index is 12.5. The van der Waals surface area contributed by atoms with Gasteiger partial charge in [0.05, 0.1) is 11.4 Å². The highest BCUT2D eigenvalue weighted by Gasteiger charge is 2.30. The zero-order chi connectivity index (χ0) is 15.8. The minimum Gasteiger partial charge on any atom is -0.361 e. The summed E-state index contributed by atoms with van der Waals surface area (Å²) in [6.07, 6.45) is 0.